The number of hydrogen-bond donors (Lipinski definition) is 1. The Kier molecular flexibility index (Phi) is 6.95. The zero-order valence-corrected chi connectivity index (χ0v) is 19.3. The molecule has 3 aromatic carbocycles. The van der Waals surface area contributed by atoms with Gasteiger partial charge in [0.1, 0.15) is 29.1 Å². The highest BCUT2D eigenvalue weighted by Gasteiger charge is 2.12. The predicted molar refractivity (Wildman–Crippen MR) is 128 cm³/mol. The molecule has 0 saturated carbocycles. The highest BCUT2D eigenvalue weighted by molar-refractivity contribution is 9.10. The van der Waals surface area contributed by atoms with E-state index in [2.05, 4.69) is 21.2 Å². The molecular formula is C25H20BrNO6. The van der Waals surface area contributed by atoms with Gasteiger partial charge in [-0.25, -0.2) is 0 Å². The van der Waals surface area contributed by atoms with E-state index in [0.717, 1.165) is 10.2 Å². The van der Waals surface area contributed by atoms with E-state index >= 15 is 0 Å². The first-order valence-electron chi connectivity index (χ1n) is 10.2. The second-order valence-corrected chi connectivity index (χ2v) is 7.77. The third kappa shape index (κ3) is 5.53. The van der Waals surface area contributed by atoms with Gasteiger partial charge in [-0.1, -0.05) is 12.1 Å². The molecule has 4 aromatic rings. The largest absolute Gasteiger partial charge is 0.494 e. The van der Waals surface area contributed by atoms with E-state index in [9.17, 15) is 9.59 Å². The molecule has 0 radical (unpaired) electrons. The molecular weight excluding hydrogens is 490 g/mol. The van der Waals surface area contributed by atoms with Crippen LogP contribution in [0.4, 0.5) is 5.69 Å². The number of hydrogen-bond acceptors (Lipinski definition) is 6. The highest BCUT2D eigenvalue weighted by Crippen LogP contribution is 2.29. The van der Waals surface area contributed by atoms with Gasteiger partial charge in [-0.05, 0) is 71.4 Å². The molecule has 0 atom stereocenters. The fourth-order valence-corrected chi connectivity index (χ4v) is 3.41. The average molecular weight is 510 g/mol. The first kappa shape index (κ1) is 22.4. The molecule has 1 amide bonds. The Morgan fingerprint density at radius 3 is 2.48 bits per heavy atom. The van der Waals surface area contributed by atoms with Crippen molar-refractivity contribution in [3.63, 3.8) is 0 Å². The van der Waals surface area contributed by atoms with Gasteiger partial charge in [0.25, 0.3) is 5.91 Å². The number of ether oxygens (including phenoxy) is 3. The van der Waals surface area contributed by atoms with Crippen LogP contribution in [0.2, 0.25) is 0 Å². The normalized spacial score (nSPS) is 10.6. The number of benzene rings is 3. The molecule has 4 rings (SSSR count). The molecule has 8 heteroatoms. The van der Waals surface area contributed by atoms with Crippen molar-refractivity contribution >= 4 is 38.5 Å². The van der Waals surface area contributed by atoms with E-state index < -0.39 is 0 Å². The Balaban J connectivity index is 1.41. The summed E-state index contributed by atoms with van der Waals surface area (Å²) in [5.41, 5.74) is 0.643. The van der Waals surface area contributed by atoms with Crippen LogP contribution in [0.5, 0.6) is 23.0 Å². The molecule has 0 fully saturated rings. The van der Waals surface area contributed by atoms with E-state index in [1.165, 1.54) is 6.26 Å². The molecule has 33 heavy (non-hydrogen) atoms. The molecule has 0 aliphatic rings. The maximum atomic E-state index is 12.8. The van der Waals surface area contributed by atoms with Gasteiger partial charge in [-0.2, -0.15) is 0 Å². The van der Waals surface area contributed by atoms with E-state index in [4.69, 9.17) is 18.6 Å². The second kappa shape index (κ2) is 10.2. The summed E-state index contributed by atoms with van der Waals surface area (Å²) in [6.45, 7) is 2.28. The quantitative estimate of drug-likeness (QED) is 0.324. The Labute approximate surface area is 198 Å². The summed E-state index contributed by atoms with van der Waals surface area (Å²) in [7, 11) is 0. The average Bonchev–Trinajstić information content (AvgIpc) is 2.82. The molecule has 1 N–H and O–H groups in total. The lowest BCUT2D eigenvalue weighted by atomic mass is 10.2. The number of carbonyl (C=O) groups is 1. The van der Waals surface area contributed by atoms with Crippen LogP contribution in [0.3, 0.4) is 0 Å². The molecule has 0 saturated heterocycles. The van der Waals surface area contributed by atoms with Crippen molar-refractivity contribution in [3.05, 3.63) is 87.7 Å². The number of nitrogens with one attached hydrogen (secondary N) is 1. The van der Waals surface area contributed by atoms with Crippen molar-refractivity contribution in [1.82, 2.24) is 0 Å². The third-order valence-corrected chi connectivity index (χ3v) is 5.25. The van der Waals surface area contributed by atoms with E-state index in [-0.39, 0.29) is 23.7 Å². The van der Waals surface area contributed by atoms with Crippen molar-refractivity contribution in [3.8, 4) is 23.0 Å². The lowest BCUT2D eigenvalue weighted by Gasteiger charge is -2.10. The number of carbonyl (C=O) groups excluding carboxylic acids is 1. The lowest BCUT2D eigenvalue weighted by molar-refractivity contribution is -0.118. The minimum Gasteiger partial charge on any atom is -0.494 e. The van der Waals surface area contributed by atoms with Crippen molar-refractivity contribution in [1.29, 1.82) is 0 Å². The van der Waals surface area contributed by atoms with E-state index in [0.29, 0.717) is 34.8 Å². The van der Waals surface area contributed by atoms with Crippen LogP contribution in [0, 0.1) is 0 Å². The molecule has 168 valence electrons. The van der Waals surface area contributed by atoms with Gasteiger partial charge in [0.15, 0.2) is 6.61 Å². The zero-order valence-electron chi connectivity index (χ0n) is 17.7. The van der Waals surface area contributed by atoms with Crippen LogP contribution in [-0.4, -0.2) is 19.1 Å². The highest BCUT2D eigenvalue weighted by atomic mass is 79.9. The number of halogens is 1. The van der Waals surface area contributed by atoms with Crippen LogP contribution < -0.4 is 25.0 Å². The molecule has 1 aromatic heterocycles. The Bertz CT molecular complexity index is 1330. The van der Waals surface area contributed by atoms with Crippen molar-refractivity contribution in [2.45, 2.75) is 6.92 Å². The number of amides is 1. The van der Waals surface area contributed by atoms with Gasteiger partial charge >= 0.3 is 0 Å². The van der Waals surface area contributed by atoms with Crippen molar-refractivity contribution in [2.24, 2.45) is 0 Å². The molecule has 0 bridgehead atoms. The number of para-hydroxylation sites is 1. The summed E-state index contributed by atoms with van der Waals surface area (Å²) < 4.78 is 22.9. The minimum atomic E-state index is -0.321. The Morgan fingerprint density at radius 1 is 0.970 bits per heavy atom. The molecule has 0 aliphatic heterocycles. The SMILES string of the molecule is CCOc1ccc(NC(=O)COc2ccc3c(=O)c(Oc4ccccc4Br)coc3c2)cc1. The Morgan fingerprint density at radius 2 is 1.73 bits per heavy atom. The molecule has 0 unspecified atom stereocenters. The maximum absolute atomic E-state index is 12.8. The van der Waals surface area contributed by atoms with Crippen molar-refractivity contribution < 1.29 is 23.4 Å². The van der Waals surface area contributed by atoms with Crippen LogP contribution in [0.1, 0.15) is 6.92 Å². The summed E-state index contributed by atoms with van der Waals surface area (Å²) in [4.78, 5) is 25.0. The summed E-state index contributed by atoms with van der Waals surface area (Å²) in [6, 6.07) is 19.0. The topological polar surface area (TPSA) is 87.0 Å². The van der Waals surface area contributed by atoms with Crippen LogP contribution >= 0.6 is 15.9 Å². The Hall–Kier alpha value is -3.78. The fraction of sp³-hybridized carbons (Fsp3) is 0.120. The van der Waals surface area contributed by atoms with Gasteiger partial charge in [-0.3, -0.25) is 9.59 Å². The fourth-order valence-electron chi connectivity index (χ4n) is 3.04. The summed E-state index contributed by atoms with van der Waals surface area (Å²) in [5.74, 6) is 1.37. The standard InChI is InChI=1S/C25H20BrNO6/c1-2-30-17-9-7-16(8-10-17)27-24(28)15-31-18-11-12-19-22(13-18)32-14-23(25(19)29)33-21-6-4-3-5-20(21)26/h3-14H,2,15H2,1H3,(H,27,28). The van der Waals surface area contributed by atoms with Gasteiger partial charge < -0.3 is 23.9 Å². The molecule has 0 aliphatic carbocycles. The summed E-state index contributed by atoms with van der Waals surface area (Å²) >= 11 is 3.38. The molecule has 7 nitrogen and oxygen atoms in total. The van der Waals surface area contributed by atoms with Crippen LogP contribution in [0.15, 0.2) is 86.7 Å². The first-order chi connectivity index (χ1) is 16.0. The van der Waals surface area contributed by atoms with Crippen LogP contribution in [-0.2, 0) is 4.79 Å². The van der Waals surface area contributed by atoms with E-state index in [1.807, 2.05) is 19.1 Å². The van der Waals surface area contributed by atoms with Gasteiger partial charge in [-0.15, -0.1) is 0 Å². The van der Waals surface area contributed by atoms with Gasteiger partial charge in [0, 0.05) is 11.8 Å². The molecule has 0 spiro atoms. The minimum absolute atomic E-state index is 0.0674. The summed E-state index contributed by atoms with van der Waals surface area (Å²) in [6.07, 6.45) is 1.26. The second-order valence-electron chi connectivity index (χ2n) is 6.91. The summed E-state index contributed by atoms with van der Waals surface area (Å²) in [5, 5.41) is 3.09. The maximum Gasteiger partial charge on any atom is 0.262 e. The first-order valence-corrected chi connectivity index (χ1v) is 11.0. The zero-order chi connectivity index (χ0) is 23.2. The number of fused-ring (bicyclic) bond motifs is 1. The predicted octanol–water partition coefficient (Wildman–Crippen LogP) is 5.76. The van der Waals surface area contributed by atoms with E-state index in [1.54, 1.807) is 54.6 Å². The number of anilines is 1. The number of rotatable bonds is 8. The third-order valence-electron chi connectivity index (χ3n) is 4.59. The monoisotopic (exact) mass is 509 g/mol. The smallest absolute Gasteiger partial charge is 0.262 e. The molecule has 1 heterocycles. The lowest BCUT2D eigenvalue weighted by Crippen LogP contribution is -2.20. The van der Waals surface area contributed by atoms with Crippen LogP contribution in [0.25, 0.3) is 11.0 Å². The van der Waals surface area contributed by atoms with Gasteiger partial charge in [0.2, 0.25) is 11.2 Å². The van der Waals surface area contributed by atoms with Crippen molar-refractivity contribution in [2.75, 3.05) is 18.5 Å². The van der Waals surface area contributed by atoms with Gasteiger partial charge in [0.05, 0.1) is 16.5 Å².